The molecule has 2 fully saturated rings. The van der Waals surface area contributed by atoms with Gasteiger partial charge in [-0.05, 0) is 24.0 Å². The molecular formula is C23H26N2O2. The first-order valence-corrected chi connectivity index (χ1v) is 9.92. The molecule has 0 spiro atoms. The quantitative estimate of drug-likeness (QED) is 0.822. The molecule has 1 saturated heterocycles. The number of nitrogens with one attached hydrogen (secondary N) is 1. The van der Waals surface area contributed by atoms with Gasteiger partial charge in [-0.2, -0.15) is 0 Å². The van der Waals surface area contributed by atoms with Gasteiger partial charge in [0, 0.05) is 13.0 Å². The molecule has 2 aromatic carbocycles. The molecule has 27 heavy (non-hydrogen) atoms. The highest BCUT2D eigenvalue weighted by atomic mass is 16.2. The largest absolute Gasteiger partial charge is 0.343 e. The molecule has 4 rings (SSSR count). The zero-order valence-electron chi connectivity index (χ0n) is 15.6. The molecule has 0 bridgehead atoms. The molecular weight excluding hydrogens is 336 g/mol. The molecule has 1 saturated carbocycles. The number of carbonyl (C=O) groups excluding carboxylic acids is 2. The fraction of sp³-hybridized carbons (Fsp3) is 0.391. The normalized spacial score (nSPS) is 18.9. The van der Waals surface area contributed by atoms with E-state index < -0.39 is 5.54 Å². The van der Waals surface area contributed by atoms with Crippen LogP contribution in [-0.2, 0) is 9.59 Å². The Morgan fingerprint density at radius 1 is 0.889 bits per heavy atom. The molecule has 0 atom stereocenters. The van der Waals surface area contributed by atoms with Crippen LogP contribution < -0.4 is 5.32 Å². The van der Waals surface area contributed by atoms with E-state index in [1.807, 2.05) is 65.6 Å². The lowest BCUT2D eigenvalue weighted by Crippen LogP contribution is -2.66. The fourth-order valence-corrected chi connectivity index (χ4v) is 4.44. The number of benzene rings is 2. The number of amides is 2. The summed E-state index contributed by atoms with van der Waals surface area (Å²) < 4.78 is 0. The number of rotatable bonds is 5. The summed E-state index contributed by atoms with van der Waals surface area (Å²) in [4.78, 5) is 27.6. The van der Waals surface area contributed by atoms with Crippen LogP contribution in [0.5, 0.6) is 0 Å². The minimum absolute atomic E-state index is 0.00652. The van der Waals surface area contributed by atoms with Crippen molar-refractivity contribution in [3.05, 3.63) is 71.8 Å². The van der Waals surface area contributed by atoms with Crippen molar-refractivity contribution in [1.82, 2.24) is 10.2 Å². The van der Waals surface area contributed by atoms with Gasteiger partial charge in [0.15, 0.2) is 0 Å². The van der Waals surface area contributed by atoms with Gasteiger partial charge in [0.2, 0.25) is 11.8 Å². The number of hydrogen-bond acceptors (Lipinski definition) is 2. The Hall–Kier alpha value is -2.62. The number of nitrogens with zero attached hydrogens (tertiary/aromatic N) is 1. The molecule has 1 N–H and O–H groups in total. The first-order chi connectivity index (χ1) is 13.2. The summed E-state index contributed by atoms with van der Waals surface area (Å²) >= 11 is 0. The molecule has 2 aromatic rings. The van der Waals surface area contributed by atoms with Gasteiger partial charge in [-0.3, -0.25) is 9.59 Å². The van der Waals surface area contributed by atoms with E-state index in [1.165, 1.54) is 0 Å². The van der Waals surface area contributed by atoms with Crippen molar-refractivity contribution in [2.24, 2.45) is 0 Å². The van der Waals surface area contributed by atoms with Gasteiger partial charge >= 0.3 is 0 Å². The van der Waals surface area contributed by atoms with Crippen LogP contribution in [-0.4, -0.2) is 28.8 Å². The number of carbonyl (C=O) groups is 2. The van der Waals surface area contributed by atoms with Crippen LogP contribution in [0.3, 0.4) is 0 Å². The van der Waals surface area contributed by atoms with Crippen molar-refractivity contribution in [2.45, 2.75) is 50.1 Å². The van der Waals surface area contributed by atoms with Gasteiger partial charge in [0.1, 0.15) is 5.54 Å². The zero-order chi connectivity index (χ0) is 18.7. The predicted octanol–water partition coefficient (Wildman–Crippen LogP) is 3.83. The Morgan fingerprint density at radius 3 is 1.89 bits per heavy atom. The minimum Gasteiger partial charge on any atom is -0.343 e. The summed E-state index contributed by atoms with van der Waals surface area (Å²) in [6.45, 7) is 0.702. The number of β-lactam (4-membered cyclic amide) rings is 1. The highest BCUT2D eigenvalue weighted by molar-refractivity contribution is 5.94. The van der Waals surface area contributed by atoms with Crippen LogP contribution in [0.15, 0.2) is 60.7 Å². The highest BCUT2D eigenvalue weighted by Gasteiger charge is 2.50. The Morgan fingerprint density at radius 2 is 1.44 bits per heavy atom. The van der Waals surface area contributed by atoms with E-state index in [1.54, 1.807) is 0 Å². The van der Waals surface area contributed by atoms with Crippen molar-refractivity contribution in [2.75, 3.05) is 6.54 Å². The second-order valence-electron chi connectivity index (χ2n) is 7.62. The monoisotopic (exact) mass is 362 g/mol. The van der Waals surface area contributed by atoms with E-state index in [2.05, 4.69) is 5.32 Å². The van der Waals surface area contributed by atoms with Crippen molar-refractivity contribution < 1.29 is 9.59 Å². The number of hydrogen-bond donors (Lipinski definition) is 1. The fourth-order valence-electron chi connectivity index (χ4n) is 4.44. The third kappa shape index (κ3) is 3.36. The second-order valence-corrected chi connectivity index (χ2v) is 7.62. The van der Waals surface area contributed by atoms with Gasteiger partial charge in [-0.1, -0.05) is 79.9 Å². The van der Waals surface area contributed by atoms with Crippen LogP contribution in [0.25, 0.3) is 0 Å². The molecule has 0 unspecified atom stereocenters. The molecule has 1 heterocycles. The highest BCUT2D eigenvalue weighted by Crippen LogP contribution is 2.38. The first-order valence-electron chi connectivity index (χ1n) is 9.92. The predicted molar refractivity (Wildman–Crippen MR) is 105 cm³/mol. The molecule has 1 aliphatic heterocycles. The summed E-state index contributed by atoms with van der Waals surface area (Å²) in [5, 5.41) is 3.30. The van der Waals surface area contributed by atoms with E-state index in [-0.39, 0.29) is 17.9 Å². The molecule has 0 aromatic heterocycles. The van der Waals surface area contributed by atoms with E-state index in [9.17, 15) is 9.59 Å². The van der Waals surface area contributed by atoms with E-state index in [4.69, 9.17) is 0 Å². The molecule has 140 valence electrons. The van der Waals surface area contributed by atoms with E-state index in [0.717, 1.165) is 43.2 Å². The van der Waals surface area contributed by atoms with Gasteiger partial charge in [0.25, 0.3) is 0 Å². The zero-order valence-corrected chi connectivity index (χ0v) is 15.6. The Balaban J connectivity index is 1.65. The molecule has 1 aliphatic carbocycles. The summed E-state index contributed by atoms with van der Waals surface area (Å²) in [5.74, 6) is 0.107. The minimum atomic E-state index is -0.671. The van der Waals surface area contributed by atoms with E-state index >= 15 is 0 Å². The molecule has 2 amide bonds. The first kappa shape index (κ1) is 17.8. The van der Waals surface area contributed by atoms with Crippen molar-refractivity contribution >= 4 is 11.8 Å². The lowest BCUT2D eigenvalue weighted by molar-refractivity contribution is -0.159. The third-order valence-electron chi connectivity index (χ3n) is 6.01. The Labute approximate surface area is 160 Å². The summed E-state index contributed by atoms with van der Waals surface area (Å²) in [7, 11) is 0. The molecule has 4 heteroatoms. The van der Waals surface area contributed by atoms with E-state index in [0.29, 0.717) is 13.0 Å². The lowest BCUT2D eigenvalue weighted by atomic mass is 9.77. The van der Waals surface area contributed by atoms with Crippen LogP contribution in [0.1, 0.15) is 55.7 Å². The standard InChI is InChI=1S/C23H26N2O2/c26-20-14-17-25(20)23(15-8-3-9-16-23)22(27)24-21(18-10-4-1-5-11-18)19-12-6-2-7-13-19/h1-2,4-7,10-13,21H,3,8-9,14-17H2,(H,24,27). The molecule has 2 aliphatic rings. The molecule has 0 radical (unpaired) electrons. The maximum atomic E-state index is 13.6. The topological polar surface area (TPSA) is 49.4 Å². The number of likely N-dealkylation sites (tertiary alicyclic amines) is 1. The average molecular weight is 362 g/mol. The van der Waals surface area contributed by atoms with Crippen molar-refractivity contribution in [1.29, 1.82) is 0 Å². The van der Waals surface area contributed by atoms with Gasteiger partial charge < -0.3 is 10.2 Å². The van der Waals surface area contributed by atoms with Gasteiger partial charge in [-0.25, -0.2) is 0 Å². The van der Waals surface area contributed by atoms with Gasteiger partial charge in [0.05, 0.1) is 6.04 Å². The maximum absolute atomic E-state index is 13.6. The summed E-state index contributed by atoms with van der Waals surface area (Å²) in [6, 6.07) is 19.9. The van der Waals surface area contributed by atoms with Crippen molar-refractivity contribution in [3.8, 4) is 0 Å². The van der Waals surface area contributed by atoms with Crippen LogP contribution in [0.2, 0.25) is 0 Å². The second kappa shape index (κ2) is 7.55. The summed E-state index contributed by atoms with van der Waals surface area (Å²) in [6.07, 6.45) is 5.23. The van der Waals surface area contributed by atoms with Crippen LogP contribution in [0, 0.1) is 0 Å². The average Bonchev–Trinajstić information content (AvgIpc) is 2.72. The summed E-state index contributed by atoms with van der Waals surface area (Å²) in [5.41, 5.74) is 1.44. The van der Waals surface area contributed by atoms with Crippen LogP contribution in [0.4, 0.5) is 0 Å². The smallest absolute Gasteiger partial charge is 0.246 e. The maximum Gasteiger partial charge on any atom is 0.246 e. The van der Waals surface area contributed by atoms with Crippen LogP contribution >= 0.6 is 0 Å². The third-order valence-corrected chi connectivity index (χ3v) is 6.01. The Bertz CT molecular complexity index is 758. The lowest BCUT2D eigenvalue weighted by Gasteiger charge is -2.49. The van der Waals surface area contributed by atoms with Gasteiger partial charge in [-0.15, -0.1) is 0 Å². The molecule has 4 nitrogen and oxygen atoms in total. The Kier molecular flexibility index (Phi) is 4.97. The SMILES string of the molecule is O=C1CCN1C1(C(=O)NC(c2ccccc2)c2ccccc2)CCCCC1. The van der Waals surface area contributed by atoms with Crippen molar-refractivity contribution in [3.63, 3.8) is 0 Å².